The van der Waals surface area contributed by atoms with Crippen LogP contribution in [0, 0.1) is 13.8 Å². The molecule has 1 amide bonds. The van der Waals surface area contributed by atoms with Gasteiger partial charge in [-0.05, 0) is 51.3 Å². The zero-order chi connectivity index (χ0) is 22.3. The lowest BCUT2D eigenvalue weighted by Crippen LogP contribution is -2.15. The molecule has 1 N–H and O–H groups in total. The van der Waals surface area contributed by atoms with E-state index in [1.54, 1.807) is 35.0 Å². The molecule has 7 nitrogen and oxygen atoms in total. The number of ether oxygens (including phenoxy) is 1. The fourth-order valence-corrected chi connectivity index (χ4v) is 5.16. The molecule has 0 bridgehead atoms. The lowest BCUT2D eigenvalue weighted by Gasteiger charge is -2.11. The van der Waals surface area contributed by atoms with Crippen LogP contribution in [0.2, 0.25) is 0 Å². The first-order valence-corrected chi connectivity index (χ1v) is 11.4. The number of carbonyl (C=O) groups excluding carboxylic acids is 2. The summed E-state index contributed by atoms with van der Waals surface area (Å²) in [6.07, 6.45) is 1.67. The minimum absolute atomic E-state index is 0.0877. The molecule has 160 valence electrons. The fourth-order valence-electron chi connectivity index (χ4n) is 3.45. The van der Waals surface area contributed by atoms with Crippen molar-refractivity contribution in [3.63, 3.8) is 0 Å². The Morgan fingerprint density at radius 2 is 1.97 bits per heavy atom. The van der Waals surface area contributed by atoms with Crippen LogP contribution in [0.15, 0.2) is 29.8 Å². The van der Waals surface area contributed by atoms with Gasteiger partial charge < -0.3 is 10.1 Å². The third-order valence-electron chi connectivity index (χ3n) is 4.92. The monoisotopic (exact) mass is 454 g/mol. The van der Waals surface area contributed by atoms with Crippen molar-refractivity contribution >= 4 is 50.6 Å². The van der Waals surface area contributed by atoms with Crippen LogP contribution in [-0.4, -0.2) is 33.8 Å². The summed E-state index contributed by atoms with van der Waals surface area (Å²) in [7, 11) is 1.32. The Hall–Kier alpha value is -3.04. The second-order valence-corrected chi connectivity index (χ2v) is 9.79. The van der Waals surface area contributed by atoms with Crippen molar-refractivity contribution in [1.82, 2.24) is 14.8 Å². The molecule has 0 atom stereocenters. The molecule has 0 saturated heterocycles. The number of esters is 1. The van der Waals surface area contributed by atoms with E-state index in [-0.39, 0.29) is 11.9 Å². The second-order valence-electron chi connectivity index (χ2n) is 7.41. The predicted octanol–water partition coefficient (Wildman–Crippen LogP) is 5.46. The van der Waals surface area contributed by atoms with E-state index >= 15 is 0 Å². The third-order valence-corrected chi connectivity index (χ3v) is 6.71. The molecule has 0 saturated carbocycles. The molecular weight excluding hydrogens is 432 g/mol. The second kappa shape index (κ2) is 8.24. The van der Waals surface area contributed by atoms with Crippen molar-refractivity contribution in [2.45, 2.75) is 33.7 Å². The standard InChI is InChI=1S/C22H22N4O3S2/c1-11(2)26-19-17(10-23-26)16(9-18(24-19)15-8-12(3)31-13(15)4)20(27)25-21-14(6-7-30-21)22(28)29-5/h6-11H,1-5H3,(H,25,27). The van der Waals surface area contributed by atoms with Gasteiger partial charge in [-0.15, -0.1) is 22.7 Å². The third kappa shape index (κ3) is 3.86. The number of aryl methyl sites for hydroxylation is 2. The highest BCUT2D eigenvalue weighted by Gasteiger charge is 2.22. The number of hydrogen-bond donors (Lipinski definition) is 1. The molecule has 31 heavy (non-hydrogen) atoms. The van der Waals surface area contributed by atoms with Crippen molar-refractivity contribution in [2.24, 2.45) is 0 Å². The largest absolute Gasteiger partial charge is 0.465 e. The molecule has 4 aromatic rings. The Morgan fingerprint density at radius 1 is 1.19 bits per heavy atom. The molecule has 0 radical (unpaired) electrons. The SMILES string of the molecule is COC(=O)c1ccsc1NC(=O)c1cc(-c2cc(C)sc2C)nc2c1cnn2C(C)C. The van der Waals surface area contributed by atoms with E-state index in [4.69, 9.17) is 9.72 Å². The van der Waals surface area contributed by atoms with Crippen LogP contribution in [0.3, 0.4) is 0 Å². The van der Waals surface area contributed by atoms with Crippen molar-refractivity contribution in [2.75, 3.05) is 12.4 Å². The average Bonchev–Trinajstić information content (AvgIpc) is 3.44. The fraction of sp³-hybridized carbons (Fsp3) is 0.273. The summed E-state index contributed by atoms with van der Waals surface area (Å²) in [4.78, 5) is 32.5. The summed E-state index contributed by atoms with van der Waals surface area (Å²) >= 11 is 2.97. The Bertz CT molecular complexity index is 1300. The van der Waals surface area contributed by atoms with Gasteiger partial charge in [-0.1, -0.05) is 0 Å². The highest BCUT2D eigenvalue weighted by molar-refractivity contribution is 7.14. The number of fused-ring (bicyclic) bond motifs is 1. The Kier molecular flexibility index (Phi) is 5.63. The Balaban J connectivity index is 1.85. The molecule has 0 aliphatic carbocycles. The van der Waals surface area contributed by atoms with E-state index in [1.165, 1.54) is 23.3 Å². The molecule has 0 spiro atoms. The minimum atomic E-state index is -0.492. The van der Waals surface area contributed by atoms with Crippen LogP contribution in [0.1, 0.15) is 50.4 Å². The summed E-state index contributed by atoms with van der Waals surface area (Å²) in [6, 6.07) is 5.60. The number of amides is 1. The maximum Gasteiger partial charge on any atom is 0.340 e. The number of anilines is 1. The smallest absolute Gasteiger partial charge is 0.340 e. The molecular formula is C22H22N4O3S2. The van der Waals surface area contributed by atoms with Crippen LogP contribution in [0.5, 0.6) is 0 Å². The van der Waals surface area contributed by atoms with Gasteiger partial charge in [-0.2, -0.15) is 5.10 Å². The van der Waals surface area contributed by atoms with Crippen LogP contribution < -0.4 is 5.32 Å². The zero-order valence-corrected chi connectivity index (χ0v) is 19.5. The molecule has 0 aromatic carbocycles. The van der Waals surface area contributed by atoms with Gasteiger partial charge in [0.1, 0.15) is 5.00 Å². The molecule has 4 aromatic heterocycles. The van der Waals surface area contributed by atoms with Crippen molar-refractivity contribution < 1.29 is 14.3 Å². The van der Waals surface area contributed by atoms with Crippen LogP contribution in [-0.2, 0) is 4.74 Å². The lowest BCUT2D eigenvalue weighted by molar-refractivity contribution is 0.0602. The highest BCUT2D eigenvalue weighted by atomic mass is 32.1. The quantitative estimate of drug-likeness (QED) is 0.405. The average molecular weight is 455 g/mol. The first-order chi connectivity index (χ1) is 14.8. The summed E-state index contributed by atoms with van der Waals surface area (Å²) in [6.45, 7) is 8.15. The lowest BCUT2D eigenvalue weighted by atomic mass is 10.1. The summed E-state index contributed by atoms with van der Waals surface area (Å²) in [5, 5.41) is 10.2. The van der Waals surface area contributed by atoms with Gasteiger partial charge >= 0.3 is 5.97 Å². The first-order valence-electron chi connectivity index (χ1n) is 9.73. The van der Waals surface area contributed by atoms with Crippen LogP contribution >= 0.6 is 22.7 Å². The molecule has 0 aliphatic heterocycles. The van der Waals surface area contributed by atoms with Crippen molar-refractivity contribution in [1.29, 1.82) is 0 Å². The van der Waals surface area contributed by atoms with Crippen molar-refractivity contribution in [3.05, 3.63) is 50.7 Å². The molecule has 9 heteroatoms. The van der Waals surface area contributed by atoms with Crippen LogP contribution in [0.25, 0.3) is 22.3 Å². The topological polar surface area (TPSA) is 86.1 Å². The van der Waals surface area contributed by atoms with E-state index in [1.807, 2.05) is 25.5 Å². The Morgan fingerprint density at radius 3 is 2.61 bits per heavy atom. The zero-order valence-electron chi connectivity index (χ0n) is 17.8. The normalized spacial score (nSPS) is 11.3. The maximum absolute atomic E-state index is 13.3. The number of pyridine rings is 1. The summed E-state index contributed by atoms with van der Waals surface area (Å²) in [5.41, 5.74) is 3.16. The van der Waals surface area contributed by atoms with E-state index in [9.17, 15) is 9.59 Å². The van der Waals surface area contributed by atoms with E-state index in [0.717, 1.165) is 16.1 Å². The molecule has 0 aliphatic rings. The van der Waals surface area contributed by atoms with Gasteiger partial charge in [0.05, 0.1) is 35.5 Å². The predicted molar refractivity (Wildman–Crippen MR) is 124 cm³/mol. The molecule has 0 fully saturated rings. The number of nitrogens with one attached hydrogen (secondary N) is 1. The highest BCUT2D eigenvalue weighted by Crippen LogP contribution is 2.33. The molecule has 4 rings (SSSR count). The number of methoxy groups -OCH3 is 1. The maximum atomic E-state index is 13.3. The molecule has 4 heterocycles. The van der Waals surface area contributed by atoms with Gasteiger partial charge in [-0.3, -0.25) is 4.79 Å². The Labute approximate surface area is 187 Å². The van der Waals surface area contributed by atoms with E-state index in [0.29, 0.717) is 27.2 Å². The number of rotatable bonds is 5. The number of hydrogen-bond acceptors (Lipinski definition) is 7. The van der Waals surface area contributed by atoms with Gasteiger partial charge in [-0.25, -0.2) is 14.5 Å². The summed E-state index contributed by atoms with van der Waals surface area (Å²) < 4.78 is 6.62. The summed E-state index contributed by atoms with van der Waals surface area (Å²) in [5.74, 6) is -0.816. The van der Waals surface area contributed by atoms with Crippen molar-refractivity contribution in [3.8, 4) is 11.3 Å². The first kappa shape index (κ1) is 21.2. The van der Waals surface area contributed by atoms with Crippen LogP contribution in [0.4, 0.5) is 5.00 Å². The van der Waals surface area contributed by atoms with Gasteiger partial charge in [0.25, 0.3) is 5.91 Å². The number of thiophene rings is 2. The number of carbonyl (C=O) groups is 2. The molecule has 0 unspecified atom stereocenters. The van der Waals surface area contributed by atoms with Gasteiger partial charge in [0, 0.05) is 21.4 Å². The van der Waals surface area contributed by atoms with E-state index < -0.39 is 5.97 Å². The van der Waals surface area contributed by atoms with E-state index in [2.05, 4.69) is 23.4 Å². The van der Waals surface area contributed by atoms with Gasteiger partial charge in [0.2, 0.25) is 0 Å². The minimum Gasteiger partial charge on any atom is -0.465 e. The number of aromatic nitrogens is 3. The number of nitrogens with zero attached hydrogens (tertiary/aromatic N) is 3. The van der Waals surface area contributed by atoms with Gasteiger partial charge in [0.15, 0.2) is 5.65 Å².